The lowest BCUT2D eigenvalue weighted by molar-refractivity contribution is -0.132. The molecule has 1 atom stereocenters. The predicted molar refractivity (Wildman–Crippen MR) is 77.6 cm³/mol. The second kappa shape index (κ2) is 7.73. The Morgan fingerprint density at radius 2 is 1.95 bits per heavy atom. The molecule has 2 N–H and O–H groups in total. The Balaban J connectivity index is 2.65. The number of likely N-dealkylation sites (N-methyl/N-ethyl adjacent to an activating group) is 1. The summed E-state index contributed by atoms with van der Waals surface area (Å²) in [6, 6.07) is 3.55. The zero-order valence-corrected chi connectivity index (χ0v) is 12.5. The SMILES string of the molecule is CCN(CC)C(=O)C(C)NCc1ccc(C(=O)O)c(F)c1. The maximum absolute atomic E-state index is 13.5. The Hall–Kier alpha value is -1.95. The van der Waals surface area contributed by atoms with Gasteiger partial charge in [0, 0.05) is 19.6 Å². The number of amides is 1. The van der Waals surface area contributed by atoms with Gasteiger partial charge in [0.15, 0.2) is 0 Å². The molecule has 0 bridgehead atoms. The number of carbonyl (C=O) groups is 2. The normalized spacial score (nSPS) is 12.0. The summed E-state index contributed by atoms with van der Waals surface area (Å²) in [6.07, 6.45) is 0. The fourth-order valence-corrected chi connectivity index (χ4v) is 2.01. The molecule has 0 aliphatic carbocycles. The molecule has 1 rings (SSSR count). The number of rotatable bonds is 7. The molecule has 1 unspecified atom stereocenters. The van der Waals surface area contributed by atoms with E-state index in [1.807, 2.05) is 13.8 Å². The van der Waals surface area contributed by atoms with Gasteiger partial charge in [-0.3, -0.25) is 4.79 Å². The molecule has 0 aliphatic heterocycles. The number of carboxylic acid groups (broad SMARTS) is 1. The quantitative estimate of drug-likeness (QED) is 0.806. The number of carbonyl (C=O) groups excluding carboxylic acids is 1. The van der Waals surface area contributed by atoms with E-state index >= 15 is 0 Å². The van der Waals surface area contributed by atoms with Crippen molar-refractivity contribution in [2.24, 2.45) is 0 Å². The van der Waals surface area contributed by atoms with Crippen molar-refractivity contribution in [2.75, 3.05) is 13.1 Å². The van der Waals surface area contributed by atoms with Crippen LogP contribution in [0.15, 0.2) is 18.2 Å². The van der Waals surface area contributed by atoms with Crippen molar-refractivity contribution < 1.29 is 19.1 Å². The number of carboxylic acids is 1. The standard InChI is InChI=1S/C15H21FN2O3/c1-4-18(5-2)14(19)10(3)17-9-11-6-7-12(15(20)21)13(16)8-11/h6-8,10,17H,4-5,9H2,1-3H3,(H,20,21). The summed E-state index contributed by atoms with van der Waals surface area (Å²) in [5.41, 5.74) is 0.239. The highest BCUT2D eigenvalue weighted by Gasteiger charge is 2.17. The van der Waals surface area contributed by atoms with Crippen LogP contribution in [0.3, 0.4) is 0 Å². The fraction of sp³-hybridized carbons (Fsp3) is 0.467. The molecular weight excluding hydrogens is 275 g/mol. The van der Waals surface area contributed by atoms with E-state index in [9.17, 15) is 14.0 Å². The maximum atomic E-state index is 13.5. The van der Waals surface area contributed by atoms with Crippen LogP contribution in [0.2, 0.25) is 0 Å². The van der Waals surface area contributed by atoms with Gasteiger partial charge in [0.2, 0.25) is 5.91 Å². The number of hydrogen-bond donors (Lipinski definition) is 2. The van der Waals surface area contributed by atoms with Crippen LogP contribution in [0.4, 0.5) is 4.39 Å². The smallest absolute Gasteiger partial charge is 0.338 e. The van der Waals surface area contributed by atoms with Crippen LogP contribution >= 0.6 is 0 Å². The van der Waals surface area contributed by atoms with Crippen LogP contribution in [0.1, 0.15) is 36.7 Å². The highest BCUT2D eigenvalue weighted by atomic mass is 19.1. The van der Waals surface area contributed by atoms with E-state index in [0.717, 1.165) is 0 Å². The largest absolute Gasteiger partial charge is 0.478 e. The summed E-state index contributed by atoms with van der Waals surface area (Å²) < 4.78 is 13.5. The Kier molecular flexibility index (Phi) is 6.30. The highest BCUT2D eigenvalue weighted by Crippen LogP contribution is 2.10. The molecule has 0 saturated heterocycles. The molecule has 0 fully saturated rings. The number of halogens is 1. The van der Waals surface area contributed by atoms with E-state index in [1.54, 1.807) is 11.8 Å². The summed E-state index contributed by atoms with van der Waals surface area (Å²) >= 11 is 0. The minimum Gasteiger partial charge on any atom is -0.478 e. The van der Waals surface area contributed by atoms with E-state index in [4.69, 9.17) is 5.11 Å². The molecule has 0 heterocycles. The summed E-state index contributed by atoms with van der Waals surface area (Å²) in [5.74, 6) is -2.08. The molecule has 1 aromatic carbocycles. The third-order valence-corrected chi connectivity index (χ3v) is 3.32. The van der Waals surface area contributed by atoms with Crippen LogP contribution in [-0.2, 0) is 11.3 Å². The summed E-state index contributed by atoms with van der Waals surface area (Å²) in [5, 5.41) is 11.8. The molecule has 0 aromatic heterocycles. The van der Waals surface area contributed by atoms with E-state index in [2.05, 4.69) is 5.32 Å². The first kappa shape index (κ1) is 17.1. The van der Waals surface area contributed by atoms with Crippen LogP contribution in [0, 0.1) is 5.82 Å². The van der Waals surface area contributed by atoms with Crippen molar-refractivity contribution in [1.82, 2.24) is 10.2 Å². The molecule has 0 aliphatic rings. The van der Waals surface area contributed by atoms with Gasteiger partial charge >= 0.3 is 5.97 Å². The molecule has 5 nitrogen and oxygen atoms in total. The first-order valence-corrected chi connectivity index (χ1v) is 6.94. The zero-order chi connectivity index (χ0) is 16.0. The van der Waals surface area contributed by atoms with Gasteiger partial charge in [0.1, 0.15) is 5.82 Å². The van der Waals surface area contributed by atoms with Crippen molar-refractivity contribution in [3.63, 3.8) is 0 Å². The average molecular weight is 296 g/mol. The van der Waals surface area contributed by atoms with Gasteiger partial charge in [-0.15, -0.1) is 0 Å². The van der Waals surface area contributed by atoms with Gasteiger partial charge in [0.25, 0.3) is 0 Å². The van der Waals surface area contributed by atoms with Gasteiger partial charge in [0.05, 0.1) is 11.6 Å². The van der Waals surface area contributed by atoms with Crippen molar-refractivity contribution in [1.29, 1.82) is 0 Å². The van der Waals surface area contributed by atoms with Crippen molar-refractivity contribution in [3.05, 3.63) is 35.1 Å². The predicted octanol–water partition coefficient (Wildman–Crippen LogP) is 1.87. The van der Waals surface area contributed by atoms with Gasteiger partial charge in [-0.25, -0.2) is 9.18 Å². The second-order valence-corrected chi connectivity index (χ2v) is 4.73. The maximum Gasteiger partial charge on any atom is 0.338 e. The van der Waals surface area contributed by atoms with E-state index in [1.165, 1.54) is 18.2 Å². The molecule has 0 spiro atoms. The molecule has 1 amide bonds. The Bertz CT molecular complexity index is 516. The number of nitrogens with one attached hydrogen (secondary N) is 1. The summed E-state index contributed by atoms with van der Waals surface area (Å²) in [6.45, 7) is 7.16. The molecule has 21 heavy (non-hydrogen) atoms. The first-order chi connectivity index (χ1) is 9.90. The van der Waals surface area contributed by atoms with Gasteiger partial charge in [-0.05, 0) is 38.5 Å². The second-order valence-electron chi connectivity index (χ2n) is 4.73. The van der Waals surface area contributed by atoms with Crippen molar-refractivity contribution in [3.8, 4) is 0 Å². The third-order valence-electron chi connectivity index (χ3n) is 3.32. The minimum absolute atomic E-state index is 0.0115. The molecule has 0 radical (unpaired) electrons. The molecular formula is C15H21FN2O3. The van der Waals surface area contributed by atoms with E-state index in [0.29, 0.717) is 25.2 Å². The first-order valence-electron chi connectivity index (χ1n) is 6.94. The van der Waals surface area contributed by atoms with Crippen LogP contribution < -0.4 is 5.32 Å². The lowest BCUT2D eigenvalue weighted by atomic mass is 10.1. The summed E-state index contributed by atoms with van der Waals surface area (Å²) in [7, 11) is 0. The highest BCUT2D eigenvalue weighted by molar-refractivity contribution is 5.87. The third kappa shape index (κ3) is 4.53. The van der Waals surface area contributed by atoms with Crippen LogP contribution in [0.25, 0.3) is 0 Å². The number of nitrogens with zero attached hydrogens (tertiary/aromatic N) is 1. The number of aromatic carboxylic acids is 1. The van der Waals surface area contributed by atoms with Crippen molar-refractivity contribution >= 4 is 11.9 Å². The Morgan fingerprint density at radius 3 is 2.43 bits per heavy atom. The zero-order valence-electron chi connectivity index (χ0n) is 12.5. The Morgan fingerprint density at radius 1 is 1.33 bits per heavy atom. The number of hydrogen-bond acceptors (Lipinski definition) is 3. The number of benzene rings is 1. The molecule has 116 valence electrons. The molecule has 1 aromatic rings. The summed E-state index contributed by atoms with van der Waals surface area (Å²) in [4.78, 5) is 24.5. The van der Waals surface area contributed by atoms with E-state index in [-0.39, 0.29) is 17.5 Å². The fourth-order valence-electron chi connectivity index (χ4n) is 2.01. The monoisotopic (exact) mass is 296 g/mol. The molecule has 6 heteroatoms. The van der Waals surface area contributed by atoms with Gasteiger partial charge in [-0.2, -0.15) is 0 Å². The minimum atomic E-state index is -1.29. The Labute approximate surface area is 123 Å². The van der Waals surface area contributed by atoms with Gasteiger partial charge in [-0.1, -0.05) is 6.07 Å². The lowest BCUT2D eigenvalue weighted by Crippen LogP contribution is -2.44. The van der Waals surface area contributed by atoms with Crippen LogP contribution in [-0.4, -0.2) is 41.0 Å². The van der Waals surface area contributed by atoms with E-state index < -0.39 is 11.8 Å². The molecule has 0 saturated carbocycles. The topological polar surface area (TPSA) is 69.6 Å². The lowest BCUT2D eigenvalue weighted by Gasteiger charge is -2.23. The van der Waals surface area contributed by atoms with Crippen molar-refractivity contribution in [2.45, 2.75) is 33.4 Å². The van der Waals surface area contributed by atoms with Gasteiger partial charge < -0.3 is 15.3 Å². The van der Waals surface area contributed by atoms with Crippen LogP contribution in [0.5, 0.6) is 0 Å². The average Bonchev–Trinajstić information content (AvgIpc) is 2.45.